The van der Waals surface area contributed by atoms with E-state index >= 15 is 4.39 Å². The summed E-state index contributed by atoms with van der Waals surface area (Å²) in [5, 5.41) is 0.597. The first kappa shape index (κ1) is 23.0. The Hall–Kier alpha value is -3.40. The molecular formula is C26H23F4N3O3. The van der Waals surface area contributed by atoms with Crippen LogP contribution in [0.4, 0.5) is 23.4 Å². The minimum Gasteiger partial charge on any atom is -0.491 e. The molecule has 10 heteroatoms. The molecule has 3 aromatic rings. The summed E-state index contributed by atoms with van der Waals surface area (Å²) in [5.41, 5.74) is 7.48. The number of aromatic nitrogens is 1. The third kappa shape index (κ3) is 3.49. The van der Waals surface area contributed by atoms with E-state index in [4.69, 9.17) is 15.2 Å². The Morgan fingerprint density at radius 1 is 1.19 bits per heavy atom. The lowest BCUT2D eigenvalue weighted by atomic mass is 9.88. The van der Waals surface area contributed by atoms with E-state index in [9.17, 15) is 18.0 Å². The van der Waals surface area contributed by atoms with Crippen molar-refractivity contribution in [2.45, 2.75) is 57.2 Å². The van der Waals surface area contributed by atoms with Gasteiger partial charge in [0.05, 0.1) is 35.4 Å². The molecule has 1 aliphatic carbocycles. The number of anilines is 1. The Morgan fingerprint density at radius 2 is 1.97 bits per heavy atom. The maximum absolute atomic E-state index is 15.3. The highest BCUT2D eigenvalue weighted by atomic mass is 19.4. The van der Waals surface area contributed by atoms with Crippen LogP contribution in [0, 0.1) is 5.82 Å². The van der Waals surface area contributed by atoms with Gasteiger partial charge in [-0.2, -0.15) is 13.2 Å². The van der Waals surface area contributed by atoms with Crippen molar-refractivity contribution in [3.05, 3.63) is 64.0 Å². The van der Waals surface area contributed by atoms with Gasteiger partial charge in [-0.05, 0) is 49.9 Å². The smallest absolute Gasteiger partial charge is 0.416 e. The van der Waals surface area contributed by atoms with Gasteiger partial charge in [-0.25, -0.2) is 9.37 Å². The molecule has 6 nitrogen and oxygen atoms in total. The van der Waals surface area contributed by atoms with Gasteiger partial charge < -0.3 is 20.1 Å². The number of fused-ring (bicyclic) bond motifs is 4. The van der Waals surface area contributed by atoms with Crippen LogP contribution >= 0.6 is 0 Å². The number of rotatable bonds is 3. The summed E-state index contributed by atoms with van der Waals surface area (Å²) in [5.74, 6) is -0.898. The summed E-state index contributed by atoms with van der Waals surface area (Å²) >= 11 is 0. The second-order valence-corrected chi connectivity index (χ2v) is 9.57. The molecule has 188 valence electrons. The van der Waals surface area contributed by atoms with E-state index in [0.29, 0.717) is 16.5 Å². The van der Waals surface area contributed by atoms with Gasteiger partial charge in [0.2, 0.25) is 0 Å². The summed E-state index contributed by atoms with van der Waals surface area (Å²) in [4.78, 5) is 19.8. The minimum absolute atomic E-state index is 0.00687. The van der Waals surface area contributed by atoms with Crippen molar-refractivity contribution in [1.82, 2.24) is 9.88 Å². The van der Waals surface area contributed by atoms with Crippen molar-refractivity contribution in [1.29, 1.82) is 0 Å². The number of carbonyl (C=O) groups excluding carboxylic acids is 1. The van der Waals surface area contributed by atoms with Gasteiger partial charge >= 0.3 is 6.18 Å². The Bertz CT molecular complexity index is 1400. The minimum atomic E-state index is -4.51. The summed E-state index contributed by atoms with van der Waals surface area (Å²) in [6, 6.07) is 5.22. The highest BCUT2D eigenvalue weighted by Gasteiger charge is 2.42. The molecule has 2 N–H and O–H groups in total. The SMILES string of the molecule is C[C@H]1OCc2c1c(N)nc1cc(F)c(C(=O)N(C3CCC3)[C@@H]3COc4cc(C(F)(F)F)ccc43)cc21. The molecular weight excluding hydrogens is 478 g/mol. The lowest BCUT2D eigenvalue weighted by Gasteiger charge is -2.41. The molecule has 1 fully saturated rings. The first-order valence-electron chi connectivity index (χ1n) is 11.8. The average molecular weight is 501 g/mol. The number of halogens is 4. The average Bonchev–Trinajstić information content (AvgIpc) is 3.38. The van der Waals surface area contributed by atoms with Crippen LogP contribution in [-0.2, 0) is 17.5 Å². The molecule has 1 saturated carbocycles. The van der Waals surface area contributed by atoms with E-state index < -0.39 is 29.5 Å². The zero-order chi connectivity index (χ0) is 25.4. The first-order valence-corrected chi connectivity index (χ1v) is 11.8. The van der Waals surface area contributed by atoms with E-state index in [1.807, 2.05) is 6.92 Å². The normalized spacial score (nSPS) is 21.1. The lowest BCUT2D eigenvalue weighted by Crippen LogP contribution is -2.47. The number of alkyl halides is 3. The van der Waals surface area contributed by atoms with Crippen LogP contribution in [-0.4, -0.2) is 28.4 Å². The molecule has 0 spiro atoms. The second-order valence-electron chi connectivity index (χ2n) is 9.57. The maximum Gasteiger partial charge on any atom is 0.416 e. The summed E-state index contributed by atoms with van der Waals surface area (Å²) in [6.07, 6.45) is -2.40. The quantitative estimate of drug-likeness (QED) is 0.467. The van der Waals surface area contributed by atoms with Crippen LogP contribution in [0.5, 0.6) is 5.75 Å². The number of nitrogen functional groups attached to an aromatic ring is 1. The van der Waals surface area contributed by atoms with Crippen molar-refractivity contribution >= 4 is 22.6 Å². The molecule has 3 heterocycles. The van der Waals surface area contributed by atoms with Crippen LogP contribution < -0.4 is 10.5 Å². The van der Waals surface area contributed by atoms with Crippen molar-refractivity contribution in [2.75, 3.05) is 12.3 Å². The number of hydrogen-bond acceptors (Lipinski definition) is 5. The fourth-order valence-corrected chi connectivity index (χ4v) is 5.42. The van der Waals surface area contributed by atoms with E-state index in [0.717, 1.165) is 42.5 Å². The van der Waals surface area contributed by atoms with Crippen LogP contribution in [0.3, 0.4) is 0 Å². The molecule has 3 aliphatic rings. The fourth-order valence-electron chi connectivity index (χ4n) is 5.42. The molecule has 0 bridgehead atoms. The number of amides is 1. The van der Waals surface area contributed by atoms with Crippen molar-refractivity contribution in [3.8, 4) is 5.75 Å². The number of benzene rings is 2. The van der Waals surface area contributed by atoms with Gasteiger partial charge in [0.1, 0.15) is 24.0 Å². The Kier molecular flexibility index (Phi) is 5.15. The van der Waals surface area contributed by atoms with Gasteiger partial charge in [-0.15, -0.1) is 0 Å². The van der Waals surface area contributed by atoms with Gasteiger partial charge in [0.15, 0.2) is 0 Å². The van der Waals surface area contributed by atoms with Gasteiger partial charge in [-0.3, -0.25) is 4.79 Å². The number of ether oxygens (including phenoxy) is 2. The molecule has 2 aromatic carbocycles. The zero-order valence-electron chi connectivity index (χ0n) is 19.4. The molecule has 1 amide bonds. The molecule has 6 rings (SSSR count). The second kappa shape index (κ2) is 8.06. The summed E-state index contributed by atoms with van der Waals surface area (Å²) in [7, 11) is 0. The molecule has 2 aliphatic heterocycles. The van der Waals surface area contributed by atoms with Gasteiger partial charge in [-0.1, -0.05) is 6.07 Å². The first-order chi connectivity index (χ1) is 17.1. The predicted molar refractivity (Wildman–Crippen MR) is 123 cm³/mol. The third-order valence-corrected chi connectivity index (χ3v) is 7.50. The fraction of sp³-hybridized carbons (Fsp3) is 0.385. The standard InChI is InChI=1S/C26H23F4N3O3/c1-12-23-18(10-35-12)16-8-17(19(27)9-20(16)32-24(23)31)25(34)33(14-3-2-4-14)21-11-36-22-7-13(26(28,29)30)5-6-15(21)22/h5-9,12,14,21H,2-4,10-11H2,1H3,(H2,31,32)/t12-,21-/m1/s1. The highest BCUT2D eigenvalue weighted by molar-refractivity contribution is 6.00. The monoisotopic (exact) mass is 501 g/mol. The van der Waals surface area contributed by atoms with E-state index in [1.54, 1.807) is 4.90 Å². The Balaban J connectivity index is 1.42. The number of pyridine rings is 1. The van der Waals surface area contributed by atoms with Crippen molar-refractivity contribution in [2.24, 2.45) is 0 Å². The maximum atomic E-state index is 15.3. The number of hydrogen-bond donors (Lipinski definition) is 1. The molecule has 0 radical (unpaired) electrons. The number of carbonyl (C=O) groups is 1. The largest absolute Gasteiger partial charge is 0.491 e. The molecule has 36 heavy (non-hydrogen) atoms. The molecule has 0 saturated heterocycles. The van der Waals surface area contributed by atoms with E-state index in [1.165, 1.54) is 18.2 Å². The number of nitrogens with zero attached hydrogens (tertiary/aromatic N) is 2. The summed E-state index contributed by atoms with van der Waals surface area (Å²) in [6.45, 7) is 2.13. The zero-order valence-corrected chi connectivity index (χ0v) is 19.4. The van der Waals surface area contributed by atoms with E-state index in [2.05, 4.69) is 4.98 Å². The Morgan fingerprint density at radius 3 is 2.67 bits per heavy atom. The van der Waals surface area contributed by atoms with E-state index in [-0.39, 0.29) is 42.5 Å². The van der Waals surface area contributed by atoms with Crippen molar-refractivity contribution < 1.29 is 31.8 Å². The predicted octanol–water partition coefficient (Wildman–Crippen LogP) is 5.69. The van der Waals surface area contributed by atoms with Crippen LogP contribution in [0.15, 0.2) is 30.3 Å². The highest BCUT2D eigenvalue weighted by Crippen LogP contribution is 2.44. The molecule has 0 unspecified atom stereocenters. The third-order valence-electron chi connectivity index (χ3n) is 7.50. The number of nitrogens with two attached hydrogens (primary N) is 1. The van der Waals surface area contributed by atoms with Crippen LogP contribution in [0.1, 0.15) is 70.9 Å². The molecule has 2 atom stereocenters. The van der Waals surface area contributed by atoms with Crippen molar-refractivity contribution in [3.63, 3.8) is 0 Å². The van der Waals surface area contributed by atoms with Crippen LogP contribution in [0.25, 0.3) is 10.9 Å². The van der Waals surface area contributed by atoms with Gasteiger partial charge in [0, 0.05) is 28.6 Å². The summed E-state index contributed by atoms with van der Waals surface area (Å²) < 4.78 is 66.2. The van der Waals surface area contributed by atoms with Gasteiger partial charge in [0.25, 0.3) is 5.91 Å². The topological polar surface area (TPSA) is 77.7 Å². The Labute approximate surface area is 204 Å². The van der Waals surface area contributed by atoms with Crippen LogP contribution in [0.2, 0.25) is 0 Å². The lowest BCUT2D eigenvalue weighted by molar-refractivity contribution is -0.137. The molecule has 1 aromatic heterocycles.